The lowest BCUT2D eigenvalue weighted by Crippen LogP contribution is -2.42. The first-order valence-electron chi connectivity index (χ1n) is 10.4. The summed E-state index contributed by atoms with van der Waals surface area (Å²) in [7, 11) is 0. The van der Waals surface area contributed by atoms with Crippen LogP contribution in [0.4, 0.5) is 0 Å². The molecule has 0 aliphatic rings. The van der Waals surface area contributed by atoms with Gasteiger partial charge in [0.1, 0.15) is 0 Å². The van der Waals surface area contributed by atoms with E-state index in [4.69, 9.17) is 15.3 Å². The number of amides is 1. The average molecular weight is 360 g/mol. The Hall–Kier alpha value is -0.650. The third kappa shape index (κ3) is 21.3. The predicted molar refractivity (Wildman–Crippen MR) is 102 cm³/mol. The Morgan fingerprint density at radius 2 is 1.04 bits per heavy atom. The molecule has 4 N–H and O–H groups in total. The van der Waals surface area contributed by atoms with Gasteiger partial charge in [0.2, 0.25) is 5.91 Å². The van der Waals surface area contributed by atoms with E-state index in [-0.39, 0.29) is 5.91 Å². The van der Waals surface area contributed by atoms with Gasteiger partial charge in [-0.25, -0.2) is 0 Å². The fourth-order valence-corrected chi connectivity index (χ4v) is 2.96. The quantitative estimate of drug-likeness (QED) is 0.220. The Bertz CT molecular complexity index is 303. The maximum atomic E-state index is 11.4. The molecule has 150 valence electrons. The Morgan fingerprint density at radius 1 is 0.680 bits per heavy atom. The van der Waals surface area contributed by atoms with E-state index in [0.29, 0.717) is 6.42 Å². The zero-order chi connectivity index (χ0) is 18.8. The van der Waals surface area contributed by atoms with Gasteiger partial charge in [0.25, 0.3) is 5.97 Å². The minimum Gasteiger partial charge on any atom is -0.348 e. The van der Waals surface area contributed by atoms with E-state index in [1.807, 2.05) is 0 Å². The molecule has 0 saturated carbocycles. The summed E-state index contributed by atoms with van der Waals surface area (Å²) in [5.41, 5.74) is 0. The van der Waals surface area contributed by atoms with Gasteiger partial charge in [-0.15, -0.1) is 0 Å². The lowest BCUT2D eigenvalue weighted by atomic mass is 10.0. The van der Waals surface area contributed by atoms with E-state index in [1.165, 1.54) is 77.0 Å². The molecule has 0 unspecified atom stereocenters. The minimum atomic E-state index is -2.81. The second-order valence-electron chi connectivity index (χ2n) is 7.25. The van der Waals surface area contributed by atoms with E-state index in [9.17, 15) is 4.79 Å². The molecule has 0 aliphatic carbocycles. The Kier molecular flexibility index (Phi) is 16.4. The third-order valence-electron chi connectivity index (χ3n) is 4.53. The van der Waals surface area contributed by atoms with E-state index < -0.39 is 12.5 Å². The lowest BCUT2D eigenvalue weighted by Gasteiger charge is -2.14. The standard InChI is InChI=1S/C20H41NO4/c1-2-3-4-5-6-7-8-9-10-11-12-13-14-15-16-17-19(22)21-18-20(23,24)25/h23-25H,2-18H2,1H3,(H,21,22). The van der Waals surface area contributed by atoms with Crippen LogP contribution in [0.25, 0.3) is 0 Å². The summed E-state index contributed by atoms with van der Waals surface area (Å²) < 4.78 is 0. The Balaban J connectivity index is 3.15. The van der Waals surface area contributed by atoms with Crippen molar-refractivity contribution < 1.29 is 20.1 Å². The van der Waals surface area contributed by atoms with Gasteiger partial charge in [-0.05, 0) is 6.42 Å². The molecule has 0 saturated heterocycles. The topological polar surface area (TPSA) is 89.8 Å². The van der Waals surface area contributed by atoms with Crippen LogP contribution in [0.1, 0.15) is 110 Å². The first kappa shape index (κ1) is 24.4. The van der Waals surface area contributed by atoms with Crippen molar-refractivity contribution in [2.45, 2.75) is 116 Å². The van der Waals surface area contributed by atoms with Crippen LogP contribution in [0, 0.1) is 0 Å². The summed E-state index contributed by atoms with van der Waals surface area (Å²) in [6.07, 6.45) is 19.6. The van der Waals surface area contributed by atoms with Crippen LogP contribution in [0.5, 0.6) is 0 Å². The average Bonchev–Trinajstić information content (AvgIpc) is 2.56. The number of rotatable bonds is 18. The molecule has 0 bridgehead atoms. The van der Waals surface area contributed by atoms with Gasteiger partial charge < -0.3 is 20.6 Å². The minimum absolute atomic E-state index is 0.254. The smallest absolute Gasteiger partial charge is 0.293 e. The number of hydrogen-bond acceptors (Lipinski definition) is 4. The summed E-state index contributed by atoms with van der Waals surface area (Å²) >= 11 is 0. The molecule has 0 heterocycles. The molecule has 25 heavy (non-hydrogen) atoms. The molecule has 0 aromatic rings. The second kappa shape index (κ2) is 16.8. The number of unbranched alkanes of at least 4 members (excludes halogenated alkanes) is 14. The zero-order valence-electron chi connectivity index (χ0n) is 16.3. The van der Waals surface area contributed by atoms with Crippen molar-refractivity contribution in [1.29, 1.82) is 0 Å². The molecule has 0 spiro atoms. The number of nitrogens with one attached hydrogen (secondary N) is 1. The Labute approximate surface area is 154 Å². The van der Waals surface area contributed by atoms with Crippen LogP contribution in [0.3, 0.4) is 0 Å². The van der Waals surface area contributed by atoms with Gasteiger partial charge in [0, 0.05) is 6.42 Å². The normalized spacial score (nSPS) is 11.7. The molecule has 0 atom stereocenters. The van der Waals surface area contributed by atoms with Crippen molar-refractivity contribution >= 4 is 5.91 Å². The van der Waals surface area contributed by atoms with Crippen LogP contribution >= 0.6 is 0 Å². The molecular formula is C20H41NO4. The molecule has 0 radical (unpaired) electrons. The number of hydrogen-bond donors (Lipinski definition) is 4. The first-order valence-corrected chi connectivity index (χ1v) is 10.4. The number of carbonyl (C=O) groups excluding carboxylic acids is 1. The highest BCUT2D eigenvalue weighted by Gasteiger charge is 2.18. The van der Waals surface area contributed by atoms with Gasteiger partial charge >= 0.3 is 0 Å². The van der Waals surface area contributed by atoms with Crippen LogP contribution in [-0.2, 0) is 4.79 Å². The zero-order valence-corrected chi connectivity index (χ0v) is 16.3. The summed E-state index contributed by atoms with van der Waals surface area (Å²) in [5, 5.41) is 28.3. The van der Waals surface area contributed by atoms with Crippen LogP contribution < -0.4 is 5.32 Å². The molecule has 1 amide bonds. The first-order chi connectivity index (χ1) is 12.0. The Morgan fingerprint density at radius 3 is 1.40 bits per heavy atom. The molecule has 5 heteroatoms. The van der Waals surface area contributed by atoms with Crippen molar-refractivity contribution in [3.8, 4) is 0 Å². The van der Waals surface area contributed by atoms with Gasteiger partial charge in [0.05, 0.1) is 6.54 Å². The molecule has 0 aliphatic heterocycles. The van der Waals surface area contributed by atoms with Gasteiger partial charge in [0.15, 0.2) is 0 Å². The molecule has 0 aromatic carbocycles. The SMILES string of the molecule is CCCCCCCCCCCCCCCCCC(=O)NCC(O)(O)O. The summed E-state index contributed by atoms with van der Waals surface area (Å²) in [6, 6.07) is 0. The van der Waals surface area contributed by atoms with Crippen molar-refractivity contribution in [3.63, 3.8) is 0 Å². The molecule has 0 rings (SSSR count). The second-order valence-corrected chi connectivity index (χ2v) is 7.25. The molecule has 0 fully saturated rings. The van der Waals surface area contributed by atoms with Crippen molar-refractivity contribution in [1.82, 2.24) is 5.32 Å². The molecule has 5 nitrogen and oxygen atoms in total. The van der Waals surface area contributed by atoms with Gasteiger partial charge in [-0.1, -0.05) is 96.8 Å². The van der Waals surface area contributed by atoms with E-state index in [1.54, 1.807) is 0 Å². The van der Waals surface area contributed by atoms with Crippen molar-refractivity contribution in [3.05, 3.63) is 0 Å². The predicted octanol–water partition coefficient (Wildman–Crippen LogP) is 3.99. The van der Waals surface area contributed by atoms with Gasteiger partial charge in [-0.3, -0.25) is 4.79 Å². The van der Waals surface area contributed by atoms with E-state index in [2.05, 4.69) is 12.2 Å². The van der Waals surface area contributed by atoms with Crippen LogP contribution in [0.2, 0.25) is 0 Å². The highest BCUT2D eigenvalue weighted by molar-refractivity contribution is 5.75. The largest absolute Gasteiger partial charge is 0.348 e. The van der Waals surface area contributed by atoms with Gasteiger partial charge in [-0.2, -0.15) is 0 Å². The highest BCUT2D eigenvalue weighted by atomic mass is 16.7. The number of aliphatic hydroxyl groups is 3. The third-order valence-corrected chi connectivity index (χ3v) is 4.53. The fourth-order valence-electron chi connectivity index (χ4n) is 2.96. The highest BCUT2D eigenvalue weighted by Crippen LogP contribution is 2.13. The monoisotopic (exact) mass is 359 g/mol. The summed E-state index contributed by atoms with van der Waals surface area (Å²) in [6.45, 7) is 1.71. The number of carbonyl (C=O) groups is 1. The molecule has 0 aromatic heterocycles. The maximum absolute atomic E-state index is 11.4. The van der Waals surface area contributed by atoms with Crippen molar-refractivity contribution in [2.75, 3.05) is 6.54 Å². The van der Waals surface area contributed by atoms with Crippen molar-refractivity contribution in [2.24, 2.45) is 0 Å². The summed E-state index contributed by atoms with van der Waals surface area (Å²) in [4.78, 5) is 11.4. The fraction of sp³-hybridized carbons (Fsp3) is 0.950. The van der Waals surface area contributed by atoms with Crippen LogP contribution in [-0.4, -0.2) is 33.7 Å². The van der Waals surface area contributed by atoms with E-state index in [0.717, 1.165) is 19.3 Å². The lowest BCUT2D eigenvalue weighted by molar-refractivity contribution is -0.305. The van der Waals surface area contributed by atoms with Crippen LogP contribution in [0.15, 0.2) is 0 Å². The molecular weight excluding hydrogens is 318 g/mol. The van der Waals surface area contributed by atoms with E-state index >= 15 is 0 Å². The maximum Gasteiger partial charge on any atom is 0.293 e. The summed E-state index contributed by atoms with van der Waals surface area (Å²) in [5.74, 6) is -3.07.